The van der Waals surface area contributed by atoms with Gasteiger partial charge in [-0.15, -0.1) is 0 Å². The summed E-state index contributed by atoms with van der Waals surface area (Å²) in [6.07, 6.45) is 8.34. The molecular formula is C7H8N3O+. The van der Waals surface area contributed by atoms with Crippen molar-refractivity contribution in [2.24, 2.45) is 9.98 Å². The molecule has 0 bridgehead atoms. The summed E-state index contributed by atoms with van der Waals surface area (Å²) in [4.78, 5) is 8.05. The highest BCUT2D eigenvalue weighted by Crippen LogP contribution is 2.08. The van der Waals surface area contributed by atoms with Gasteiger partial charge in [0.1, 0.15) is 6.04 Å². The fourth-order valence-corrected chi connectivity index (χ4v) is 1.15. The van der Waals surface area contributed by atoms with Gasteiger partial charge in [0.2, 0.25) is 6.21 Å². The number of nitrogens with zero attached hydrogens (tertiary/aromatic N) is 3. The number of hydrogen-bond donors (Lipinski definition) is 1. The van der Waals surface area contributed by atoms with Gasteiger partial charge in [0.15, 0.2) is 0 Å². The summed E-state index contributed by atoms with van der Waals surface area (Å²) >= 11 is 0. The predicted octanol–water partition coefficient (Wildman–Crippen LogP) is -0.121. The van der Waals surface area contributed by atoms with Crippen LogP contribution in [0.25, 0.3) is 0 Å². The monoisotopic (exact) mass is 150 g/mol. The maximum absolute atomic E-state index is 9.27. The van der Waals surface area contributed by atoms with Gasteiger partial charge < -0.3 is 0 Å². The first-order valence-corrected chi connectivity index (χ1v) is 3.42. The van der Waals surface area contributed by atoms with Crippen molar-refractivity contribution in [3.05, 3.63) is 12.3 Å². The Kier molecular flexibility index (Phi) is 1.31. The Morgan fingerprint density at radius 2 is 2.36 bits per heavy atom. The molecule has 2 atom stereocenters. The summed E-state index contributed by atoms with van der Waals surface area (Å²) in [5, 5.41) is 9.27. The minimum Gasteiger partial charge on any atom is -0.290 e. The van der Waals surface area contributed by atoms with E-state index in [-0.39, 0.29) is 12.1 Å². The van der Waals surface area contributed by atoms with Crippen LogP contribution in [0.3, 0.4) is 0 Å². The van der Waals surface area contributed by atoms with E-state index in [0.29, 0.717) is 0 Å². The van der Waals surface area contributed by atoms with Crippen LogP contribution in [-0.2, 0) is 0 Å². The first kappa shape index (κ1) is 6.27. The van der Waals surface area contributed by atoms with Gasteiger partial charge in [-0.05, 0) is 10.8 Å². The van der Waals surface area contributed by atoms with Gasteiger partial charge >= 0.3 is 0 Å². The fourth-order valence-electron chi connectivity index (χ4n) is 1.15. The van der Waals surface area contributed by atoms with E-state index >= 15 is 0 Å². The third-order valence-corrected chi connectivity index (χ3v) is 1.74. The number of hydroxylamine groups is 1. The second-order valence-corrected chi connectivity index (χ2v) is 2.45. The van der Waals surface area contributed by atoms with Gasteiger partial charge in [-0.25, -0.2) is 0 Å². The maximum atomic E-state index is 9.27. The summed E-state index contributed by atoms with van der Waals surface area (Å²) in [6, 6.07) is -0.104. The van der Waals surface area contributed by atoms with Crippen molar-refractivity contribution in [3.63, 3.8) is 0 Å². The molecule has 0 aromatic heterocycles. The SMILES string of the molecule is O[N+]1=CC=NC2C=CN=CC21. The highest BCUT2D eigenvalue weighted by Gasteiger charge is 2.31. The number of hydrogen-bond acceptors (Lipinski definition) is 3. The molecule has 0 aromatic rings. The average Bonchev–Trinajstić information content (AvgIpc) is 2.06. The summed E-state index contributed by atoms with van der Waals surface area (Å²) in [7, 11) is 0. The van der Waals surface area contributed by atoms with Crippen molar-refractivity contribution >= 4 is 18.6 Å². The van der Waals surface area contributed by atoms with Crippen LogP contribution in [0.1, 0.15) is 0 Å². The van der Waals surface area contributed by atoms with E-state index in [9.17, 15) is 5.21 Å². The van der Waals surface area contributed by atoms with Crippen LogP contribution < -0.4 is 0 Å². The minimum atomic E-state index is -0.120. The molecule has 4 heteroatoms. The molecule has 0 aliphatic carbocycles. The number of aliphatic imine (C=N–C) groups is 2. The lowest BCUT2D eigenvalue weighted by Crippen LogP contribution is -2.39. The Balaban J connectivity index is 2.33. The molecule has 11 heavy (non-hydrogen) atoms. The molecule has 0 spiro atoms. The minimum absolute atomic E-state index is 0.0162. The highest BCUT2D eigenvalue weighted by atomic mass is 16.5. The second kappa shape index (κ2) is 2.30. The molecule has 0 saturated carbocycles. The topological polar surface area (TPSA) is 48.0 Å². The van der Waals surface area contributed by atoms with Crippen LogP contribution in [-0.4, -0.2) is 40.7 Å². The molecule has 2 unspecified atom stereocenters. The molecule has 2 rings (SSSR count). The molecule has 4 nitrogen and oxygen atoms in total. The Morgan fingerprint density at radius 1 is 1.45 bits per heavy atom. The van der Waals surface area contributed by atoms with Gasteiger partial charge in [0.25, 0.3) is 6.04 Å². The van der Waals surface area contributed by atoms with Crippen LogP contribution in [0.15, 0.2) is 22.3 Å². The van der Waals surface area contributed by atoms with Crippen LogP contribution in [0.2, 0.25) is 0 Å². The zero-order valence-electron chi connectivity index (χ0n) is 5.83. The van der Waals surface area contributed by atoms with E-state index in [4.69, 9.17) is 0 Å². The van der Waals surface area contributed by atoms with Crippen molar-refractivity contribution in [3.8, 4) is 0 Å². The van der Waals surface area contributed by atoms with E-state index in [0.717, 1.165) is 4.74 Å². The molecule has 56 valence electrons. The standard InChI is InChI=1S/C7H8N3O/c11-10-4-3-9-6-1-2-8-5-7(6)10/h1-7,11H/q+1. The smallest absolute Gasteiger partial charge is 0.262 e. The molecule has 0 aromatic carbocycles. The molecule has 0 amide bonds. The summed E-state index contributed by atoms with van der Waals surface area (Å²) in [5.74, 6) is 0. The van der Waals surface area contributed by atoms with Crippen molar-refractivity contribution in [1.29, 1.82) is 0 Å². The lowest BCUT2D eigenvalue weighted by Gasteiger charge is -2.14. The van der Waals surface area contributed by atoms with Crippen molar-refractivity contribution in [1.82, 2.24) is 0 Å². The molecule has 2 aliphatic rings. The first-order chi connectivity index (χ1) is 5.38. The van der Waals surface area contributed by atoms with Gasteiger partial charge in [0.05, 0.1) is 12.4 Å². The van der Waals surface area contributed by atoms with Crippen LogP contribution in [0, 0.1) is 0 Å². The molecule has 1 N–H and O–H groups in total. The zero-order chi connectivity index (χ0) is 7.68. The quantitative estimate of drug-likeness (QED) is 0.380. The number of fused-ring (bicyclic) bond motifs is 1. The van der Waals surface area contributed by atoms with Crippen molar-refractivity contribution in [2.45, 2.75) is 12.1 Å². The molecule has 0 fully saturated rings. The van der Waals surface area contributed by atoms with Crippen LogP contribution in [0.4, 0.5) is 0 Å². The molecule has 2 heterocycles. The lowest BCUT2D eigenvalue weighted by atomic mass is 10.1. The van der Waals surface area contributed by atoms with E-state index in [1.165, 1.54) is 6.21 Å². The Bertz CT molecular complexity index is 277. The van der Waals surface area contributed by atoms with E-state index in [2.05, 4.69) is 9.98 Å². The molecular weight excluding hydrogens is 142 g/mol. The van der Waals surface area contributed by atoms with E-state index < -0.39 is 0 Å². The van der Waals surface area contributed by atoms with Gasteiger partial charge in [-0.1, -0.05) is 0 Å². The predicted molar refractivity (Wildman–Crippen MR) is 41.8 cm³/mol. The van der Waals surface area contributed by atoms with Crippen LogP contribution in [0.5, 0.6) is 0 Å². The fraction of sp³-hybridized carbons (Fsp3) is 0.286. The molecule has 2 aliphatic heterocycles. The lowest BCUT2D eigenvalue weighted by molar-refractivity contribution is -0.784. The second-order valence-electron chi connectivity index (χ2n) is 2.45. The first-order valence-electron chi connectivity index (χ1n) is 3.42. The summed E-state index contributed by atoms with van der Waals surface area (Å²) in [6.45, 7) is 0. The third kappa shape index (κ3) is 0.960. The Labute approximate surface area is 63.9 Å². The number of rotatable bonds is 0. The van der Waals surface area contributed by atoms with Gasteiger partial charge in [-0.2, -0.15) is 0 Å². The summed E-state index contributed by atoms with van der Waals surface area (Å²) < 4.78 is 1.12. The van der Waals surface area contributed by atoms with E-state index in [1.807, 2.05) is 6.08 Å². The van der Waals surface area contributed by atoms with E-state index in [1.54, 1.807) is 18.6 Å². The molecule has 0 saturated heterocycles. The van der Waals surface area contributed by atoms with Crippen molar-refractivity contribution < 1.29 is 9.95 Å². The maximum Gasteiger partial charge on any atom is 0.262 e. The molecule has 0 radical (unpaired) electrons. The average molecular weight is 150 g/mol. The summed E-state index contributed by atoms with van der Waals surface area (Å²) in [5.41, 5.74) is 0. The van der Waals surface area contributed by atoms with Gasteiger partial charge in [-0.3, -0.25) is 15.2 Å². The Hall–Kier alpha value is -1.45. The van der Waals surface area contributed by atoms with Crippen molar-refractivity contribution in [2.75, 3.05) is 0 Å². The van der Waals surface area contributed by atoms with Crippen LogP contribution >= 0.6 is 0 Å². The largest absolute Gasteiger partial charge is 0.290 e. The Morgan fingerprint density at radius 3 is 3.18 bits per heavy atom. The van der Waals surface area contributed by atoms with Gasteiger partial charge in [0, 0.05) is 6.20 Å². The third-order valence-electron chi connectivity index (χ3n) is 1.74. The zero-order valence-corrected chi connectivity index (χ0v) is 5.83. The highest BCUT2D eigenvalue weighted by molar-refractivity contribution is 6.14. The normalized spacial score (nSPS) is 33.3.